The van der Waals surface area contributed by atoms with Gasteiger partial charge in [0.25, 0.3) is 0 Å². The van der Waals surface area contributed by atoms with Crippen LogP contribution in [0.2, 0.25) is 5.02 Å². The first-order valence-electron chi connectivity index (χ1n) is 7.20. The number of nitrogens with two attached hydrogens (primary N) is 1. The second kappa shape index (κ2) is 8.01. The van der Waals surface area contributed by atoms with Crippen LogP contribution in [0.25, 0.3) is 5.69 Å². The van der Waals surface area contributed by atoms with Gasteiger partial charge in [0.1, 0.15) is 11.9 Å². The number of tetrazole rings is 1. The summed E-state index contributed by atoms with van der Waals surface area (Å²) in [5.41, 5.74) is 4.89. The van der Waals surface area contributed by atoms with E-state index in [9.17, 15) is 14.7 Å². The van der Waals surface area contributed by atoms with Crippen molar-refractivity contribution in [2.45, 2.75) is 18.4 Å². The zero-order valence-electron chi connectivity index (χ0n) is 13.3. The molecular formula is C14H17ClN6O4. The number of hydrogen-bond donors (Lipinski definition) is 3. The van der Waals surface area contributed by atoms with Crippen molar-refractivity contribution in [1.82, 2.24) is 20.2 Å². The smallest absolute Gasteiger partial charge is 0.324 e. The molecule has 25 heavy (non-hydrogen) atoms. The highest BCUT2D eigenvalue weighted by Crippen LogP contribution is 2.24. The molecule has 1 atom stereocenters. The van der Waals surface area contributed by atoms with E-state index in [-0.39, 0.29) is 13.0 Å². The first-order chi connectivity index (χ1) is 11.9. The van der Waals surface area contributed by atoms with Gasteiger partial charge in [0.15, 0.2) is 0 Å². The van der Waals surface area contributed by atoms with Crippen LogP contribution in [-0.4, -0.2) is 56.4 Å². The van der Waals surface area contributed by atoms with Gasteiger partial charge in [-0.25, -0.2) is 0 Å². The van der Waals surface area contributed by atoms with Crippen LogP contribution in [0.1, 0.15) is 12.8 Å². The highest BCUT2D eigenvalue weighted by molar-refractivity contribution is 6.31. The minimum Gasteiger partial charge on any atom is -0.480 e. The summed E-state index contributed by atoms with van der Waals surface area (Å²) in [6.07, 6.45) is 0.900. The second-order valence-electron chi connectivity index (χ2n) is 5.34. The number of aliphatic carboxylic acids is 1. The van der Waals surface area contributed by atoms with Crippen molar-refractivity contribution < 1.29 is 19.4 Å². The maximum atomic E-state index is 12.3. The number of anilines is 1. The molecule has 2 rings (SSSR count). The van der Waals surface area contributed by atoms with Gasteiger partial charge in [-0.2, -0.15) is 4.68 Å². The number of ether oxygens (including phenoxy) is 1. The third-order valence-corrected chi connectivity index (χ3v) is 3.72. The minimum absolute atomic E-state index is 0.0122. The first kappa shape index (κ1) is 18.8. The lowest BCUT2D eigenvalue weighted by molar-refractivity contribution is -0.146. The third kappa shape index (κ3) is 4.72. The van der Waals surface area contributed by atoms with Gasteiger partial charge >= 0.3 is 5.97 Å². The zero-order valence-corrected chi connectivity index (χ0v) is 14.1. The Balaban J connectivity index is 2.20. The molecule has 0 aliphatic heterocycles. The Labute approximate surface area is 147 Å². The fraction of sp³-hybridized carbons (Fsp3) is 0.357. The lowest BCUT2D eigenvalue weighted by Crippen LogP contribution is -2.51. The summed E-state index contributed by atoms with van der Waals surface area (Å²) >= 11 is 5.97. The van der Waals surface area contributed by atoms with Crippen LogP contribution in [0.15, 0.2) is 24.5 Å². The van der Waals surface area contributed by atoms with E-state index >= 15 is 0 Å². The number of nitrogens with one attached hydrogen (secondary N) is 1. The van der Waals surface area contributed by atoms with Crippen LogP contribution in [-0.2, 0) is 14.3 Å². The molecule has 0 saturated carbocycles. The van der Waals surface area contributed by atoms with Crippen molar-refractivity contribution in [3.05, 3.63) is 29.5 Å². The molecule has 0 aliphatic carbocycles. The van der Waals surface area contributed by atoms with Gasteiger partial charge in [0.2, 0.25) is 5.91 Å². The molecule has 1 aromatic heterocycles. The number of hydrogen-bond acceptors (Lipinski definition) is 7. The highest BCUT2D eigenvalue weighted by atomic mass is 35.5. The van der Waals surface area contributed by atoms with Crippen molar-refractivity contribution in [1.29, 1.82) is 0 Å². The second-order valence-corrected chi connectivity index (χ2v) is 5.78. The number of carboxylic acids is 1. The highest BCUT2D eigenvalue weighted by Gasteiger charge is 2.36. The molecule has 134 valence electrons. The molecule has 0 unspecified atom stereocenters. The monoisotopic (exact) mass is 368 g/mol. The van der Waals surface area contributed by atoms with Crippen LogP contribution in [0, 0.1) is 0 Å². The van der Waals surface area contributed by atoms with Crippen molar-refractivity contribution in [2.24, 2.45) is 5.73 Å². The Hall–Kier alpha value is -2.56. The van der Waals surface area contributed by atoms with Gasteiger partial charge in [-0.3, -0.25) is 9.59 Å². The van der Waals surface area contributed by atoms with E-state index in [0.29, 0.717) is 16.4 Å². The molecule has 0 spiro atoms. The van der Waals surface area contributed by atoms with Crippen molar-refractivity contribution >= 4 is 29.2 Å². The molecule has 1 heterocycles. The number of benzene rings is 1. The Morgan fingerprint density at radius 2 is 2.24 bits per heavy atom. The molecule has 11 heteroatoms. The number of aromatic nitrogens is 4. The van der Waals surface area contributed by atoms with Gasteiger partial charge in [-0.1, -0.05) is 11.6 Å². The number of halogens is 1. The third-order valence-electron chi connectivity index (χ3n) is 3.48. The Morgan fingerprint density at radius 1 is 1.48 bits per heavy atom. The van der Waals surface area contributed by atoms with E-state index in [1.54, 1.807) is 12.1 Å². The molecule has 0 bridgehead atoms. The quantitative estimate of drug-likeness (QED) is 0.609. The fourth-order valence-corrected chi connectivity index (χ4v) is 2.29. The van der Waals surface area contributed by atoms with Crippen molar-refractivity contribution in [2.75, 3.05) is 19.0 Å². The van der Waals surface area contributed by atoms with Gasteiger partial charge in [-0.05, 0) is 35.0 Å². The Bertz CT molecular complexity index is 754. The molecule has 2 aromatic rings. The van der Waals surface area contributed by atoms with E-state index in [4.69, 9.17) is 22.1 Å². The van der Waals surface area contributed by atoms with E-state index in [1.165, 1.54) is 24.2 Å². The van der Waals surface area contributed by atoms with Crippen molar-refractivity contribution in [3.8, 4) is 5.69 Å². The van der Waals surface area contributed by atoms with Gasteiger partial charge < -0.3 is 20.9 Å². The predicted molar refractivity (Wildman–Crippen MR) is 88.5 cm³/mol. The molecule has 4 N–H and O–H groups in total. The fourth-order valence-electron chi connectivity index (χ4n) is 2.12. The summed E-state index contributed by atoms with van der Waals surface area (Å²) in [4.78, 5) is 23.7. The SMILES string of the molecule is COCC[C@@](N)(CC(=O)Nc1cc(Cl)ccc1-n1cnnn1)C(=O)O. The summed E-state index contributed by atoms with van der Waals surface area (Å²) in [5.74, 6) is -1.87. The summed E-state index contributed by atoms with van der Waals surface area (Å²) in [5, 5.41) is 23.1. The minimum atomic E-state index is -1.74. The summed E-state index contributed by atoms with van der Waals surface area (Å²) < 4.78 is 6.19. The van der Waals surface area contributed by atoms with Crippen LogP contribution in [0.3, 0.4) is 0 Å². The van der Waals surface area contributed by atoms with E-state index < -0.39 is 23.8 Å². The van der Waals surface area contributed by atoms with Crippen LogP contribution < -0.4 is 11.1 Å². The molecular weight excluding hydrogens is 352 g/mol. The number of carbonyl (C=O) groups excluding carboxylic acids is 1. The Kier molecular flexibility index (Phi) is 6.02. The van der Waals surface area contributed by atoms with Crippen LogP contribution in [0.4, 0.5) is 5.69 Å². The van der Waals surface area contributed by atoms with Gasteiger partial charge in [-0.15, -0.1) is 5.10 Å². The van der Waals surface area contributed by atoms with Gasteiger partial charge in [0, 0.05) is 18.7 Å². The maximum Gasteiger partial charge on any atom is 0.324 e. The number of carboxylic acid groups (broad SMARTS) is 1. The molecule has 0 radical (unpaired) electrons. The lowest BCUT2D eigenvalue weighted by atomic mass is 9.92. The van der Waals surface area contributed by atoms with E-state index in [0.717, 1.165) is 0 Å². The largest absolute Gasteiger partial charge is 0.480 e. The molecule has 0 saturated heterocycles. The standard InChI is InChI=1S/C14H17ClN6O4/c1-25-5-4-14(16,13(23)24)7-12(22)18-10-6-9(15)2-3-11(10)21-8-17-19-20-21/h2-3,6,8H,4-5,7,16H2,1H3,(H,18,22)(H,23,24)/t14-/m1/s1. The number of carbonyl (C=O) groups is 2. The Morgan fingerprint density at radius 3 is 2.84 bits per heavy atom. The van der Waals surface area contributed by atoms with Crippen LogP contribution >= 0.6 is 11.6 Å². The summed E-state index contributed by atoms with van der Waals surface area (Å²) in [7, 11) is 1.42. The number of amides is 1. The summed E-state index contributed by atoms with van der Waals surface area (Å²) in [6, 6.07) is 4.73. The lowest BCUT2D eigenvalue weighted by Gasteiger charge is -2.24. The van der Waals surface area contributed by atoms with Crippen LogP contribution in [0.5, 0.6) is 0 Å². The molecule has 1 aromatic carbocycles. The average molecular weight is 369 g/mol. The van der Waals surface area contributed by atoms with E-state index in [2.05, 4.69) is 20.8 Å². The topological polar surface area (TPSA) is 145 Å². The molecule has 10 nitrogen and oxygen atoms in total. The zero-order chi connectivity index (χ0) is 18.4. The number of rotatable bonds is 8. The first-order valence-corrected chi connectivity index (χ1v) is 7.57. The molecule has 0 fully saturated rings. The molecule has 0 aliphatic rings. The summed E-state index contributed by atoms with van der Waals surface area (Å²) in [6.45, 7) is 0.114. The van der Waals surface area contributed by atoms with Gasteiger partial charge in [0.05, 0.1) is 17.8 Å². The normalized spacial score (nSPS) is 13.2. The maximum absolute atomic E-state index is 12.3. The van der Waals surface area contributed by atoms with Crippen molar-refractivity contribution in [3.63, 3.8) is 0 Å². The number of methoxy groups -OCH3 is 1. The van der Waals surface area contributed by atoms with E-state index in [1.807, 2.05) is 0 Å². The number of nitrogens with zero attached hydrogens (tertiary/aromatic N) is 4. The molecule has 1 amide bonds. The average Bonchev–Trinajstić information content (AvgIpc) is 3.07. The predicted octanol–water partition coefficient (Wildman–Crippen LogP) is 0.463.